The number of hydrogen-bond acceptors (Lipinski definition) is 2. The van der Waals surface area contributed by atoms with Gasteiger partial charge < -0.3 is 10.0 Å². The van der Waals surface area contributed by atoms with Gasteiger partial charge in [0.25, 0.3) is 0 Å². The van der Waals surface area contributed by atoms with Crippen molar-refractivity contribution < 1.29 is 9.90 Å². The molecule has 0 aromatic heterocycles. The van der Waals surface area contributed by atoms with Gasteiger partial charge in [-0.1, -0.05) is 0 Å². The molecular weight excluding hydrogens is 142 g/mol. The number of carbonyl (C=O) groups excluding carboxylic acids is 1. The standard InChI is InChI=1S/C8H13NO2/c1-5-7-2-6(3-8(7)11)9(5)4-10/h4-8,11H,2-3H2,1H3. The zero-order chi connectivity index (χ0) is 8.01. The maximum Gasteiger partial charge on any atom is 0.210 e. The molecular formula is C8H13NO2. The lowest BCUT2D eigenvalue weighted by Gasteiger charge is -2.32. The van der Waals surface area contributed by atoms with Crippen LogP contribution >= 0.6 is 0 Å². The van der Waals surface area contributed by atoms with E-state index in [1.807, 2.05) is 11.8 Å². The largest absolute Gasteiger partial charge is 0.393 e. The van der Waals surface area contributed by atoms with Crippen LogP contribution in [0, 0.1) is 5.92 Å². The zero-order valence-electron chi connectivity index (χ0n) is 6.60. The third-order valence-electron chi connectivity index (χ3n) is 3.19. The summed E-state index contributed by atoms with van der Waals surface area (Å²) in [6, 6.07) is 0.573. The summed E-state index contributed by atoms with van der Waals surface area (Å²) in [4.78, 5) is 12.4. The van der Waals surface area contributed by atoms with Crippen LogP contribution < -0.4 is 0 Å². The first-order valence-corrected chi connectivity index (χ1v) is 4.15. The summed E-state index contributed by atoms with van der Waals surface area (Å²) in [6.07, 6.45) is 2.54. The summed E-state index contributed by atoms with van der Waals surface area (Å²) >= 11 is 0. The van der Waals surface area contributed by atoms with Crippen LogP contribution in [0.1, 0.15) is 19.8 Å². The Morgan fingerprint density at radius 1 is 1.55 bits per heavy atom. The van der Waals surface area contributed by atoms with E-state index in [1.165, 1.54) is 0 Å². The van der Waals surface area contributed by atoms with Crippen LogP contribution in [0.2, 0.25) is 0 Å². The van der Waals surface area contributed by atoms with Gasteiger partial charge in [0.05, 0.1) is 6.10 Å². The Hall–Kier alpha value is -0.570. The highest BCUT2D eigenvalue weighted by atomic mass is 16.3. The fourth-order valence-electron chi connectivity index (χ4n) is 2.52. The summed E-state index contributed by atoms with van der Waals surface area (Å²) in [5.41, 5.74) is 0. The molecule has 0 aromatic rings. The van der Waals surface area contributed by atoms with E-state index in [2.05, 4.69) is 0 Å². The minimum absolute atomic E-state index is 0.161. The molecule has 62 valence electrons. The molecule has 11 heavy (non-hydrogen) atoms. The molecule has 1 N–H and O–H groups in total. The lowest BCUT2D eigenvalue weighted by Crippen LogP contribution is -2.42. The van der Waals surface area contributed by atoms with Crippen molar-refractivity contribution >= 4 is 6.41 Å². The van der Waals surface area contributed by atoms with Gasteiger partial charge in [0.2, 0.25) is 6.41 Å². The van der Waals surface area contributed by atoms with Gasteiger partial charge in [0, 0.05) is 18.0 Å². The van der Waals surface area contributed by atoms with Crippen LogP contribution in [0.15, 0.2) is 0 Å². The highest BCUT2D eigenvalue weighted by molar-refractivity contribution is 5.50. The molecule has 1 aliphatic carbocycles. The van der Waals surface area contributed by atoms with Crippen molar-refractivity contribution in [2.24, 2.45) is 5.92 Å². The molecule has 2 rings (SSSR count). The van der Waals surface area contributed by atoms with Crippen molar-refractivity contribution in [1.82, 2.24) is 4.90 Å². The van der Waals surface area contributed by atoms with Crippen molar-refractivity contribution in [2.75, 3.05) is 0 Å². The summed E-state index contributed by atoms with van der Waals surface area (Å²) in [5.74, 6) is 0.338. The van der Waals surface area contributed by atoms with Crippen LogP contribution in [-0.2, 0) is 4.79 Å². The Balaban J connectivity index is 2.17. The Morgan fingerprint density at radius 2 is 2.27 bits per heavy atom. The number of nitrogens with zero attached hydrogens (tertiary/aromatic N) is 1. The normalized spacial score (nSPS) is 48.4. The Labute approximate surface area is 66.0 Å². The number of aliphatic hydroxyl groups excluding tert-OH is 1. The van der Waals surface area contributed by atoms with E-state index in [-0.39, 0.29) is 12.1 Å². The first kappa shape index (κ1) is 7.10. The first-order valence-electron chi connectivity index (χ1n) is 4.15. The van der Waals surface area contributed by atoms with Crippen molar-refractivity contribution in [3.8, 4) is 0 Å². The molecule has 1 saturated heterocycles. The third-order valence-corrected chi connectivity index (χ3v) is 3.19. The predicted octanol–water partition coefficient (Wildman–Crippen LogP) is -0.0136. The van der Waals surface area contributed by atoms with E-state index >= 15 is 0 Å². The van der Waals surface area contributed by atoms with Crippen molar-refractivity contribution in [2.45, 2.75) is 38.0 Å². The van der Waals surface area contributed by atoms with Crippen LogP contribution in [0.4, 0.5) is 0 Å². The molecule has 1 heterocycles. The Kier molecular flexibility index (Phi) is 1.42. The Bertz CT molecular complexity index is 181. The van der Waals surface area contributed by atoms with Gasteiger partial charge >= 0.3 is 0 Å². The number of hydrogen-bond donors (Lipinski definition) is 1. The second kappa shape index (κ2) is 2.21. The minimum Gasteiger partial charge on any atom is -0.393 e. The monoisotopic (exact) mass is 155 g/mol. The van der Waals surface area contributed by atoms with Crippen LogP contribution in [0.5, 0.6) is 0 Å². The van der Waals surface area contributed by atoms with Gasteiger partial charge in [-0.2, -0.15) is 0 Å². The molecule has 3 heteroatoms. The Morgan fingerprint density at radius 3 is 2.73 bits per heavy atom. The molecule has 1 amide bonds. The number of likely N-dealkylation sites (tertiary alicyclic amines) is 1. The fraction of sp³-hybridized carbons (Fsp3) is 0.875. The third kappa shape index (κ3) is 0.805. The molecule has 0 spiro atoms. The fourth-order valence-corrected chi connectivity index (χ4v) is 2.52. The van der Waals surface area contributed by atoms with Crippen LogP contribution in [0.3, 0.4) is 0 Å². The van der Waals surface area contributed by atoms with E-state index in [4.69, 9.17) is 0 Å². The van der Waals surface area contributed by atoms with E-state index < -0.39 is 0 Å². The lowest BCUT2D eigenvalue weighted by molar-refractivity contribution is -0.123. The highest BCUT2D eigenvalue weighted by Gasteiger charge is 2.48. The second-order valence-corrected chi connectivity index (χ2v) is 3.65. The molecule has 4 atom stereocenters. The molecule has 0 aromatic carbocycles. The van der Waals surface area contributed by atoms with Crippen LogP contribution in [-0.4, -0.2) is 34.6 Å². The smallest absolute Gasteiger partial charge is 0.210 e. The lowest BCUT2D eigenvalue weighted by atomic mass is 9.98. The van der Waals surface area contributed by atoms with E-state index in [0.717, 1.165) is 19.3 Å². The summed E-state index contributed by atoms with van der Waals surface area (Å²) in [6.45, 7) is 2.02. The van der Waals surface area contributed by atoms with Gasteiger partial charge in [0.15, 0.2) is 0 Å². The minimum atomic E-state index is -0.161. The van der Waals surface area contributed by atoms with Gasteiger partial charge in [-0.05, 0) is 19.8 Å². The number of carbonyl (C=O) groups is 1. The number of amides is 1. The number of fused-ring (bicyclic) bond motifs is 2. The maximum atomic E-state index is 10.6. The number of aliphatic hydroxyl groups is 1. The molecule has 2 bridgehead atoms. The average molecular weight is 155 g/mol. The van der Waals surface area contributed by atoms with E-state index in [9.17, 15) is 9.90 Å². The van der Waals surface area contributed by atoms with Crippen molar-refractivity contribution in [3.63, 3.8) is 0 Å². The average Bonchev–Trinajstić information content (AvgIpc) is 2.44. The first-order chi connectivity index (χ1) is 5.24. The maximum absolute atomic E-state index is 10.6. The molecule has 2 fully saturated rings. The van der Waals surface area contributed by atoms with E-state index in [0.29, 0.717) is 12.0 Å². The summed E-state index contributed by atoms with van der Waals surface area (Å²) in [5, 5.41) is 9.46. The van der Waals surface area contributed by atoms with E-state index in [1.54, 1.807) is 0 Å². The predicted molar refractivity (Wildman–Crippen MR) is 39.9 cm³/mol. The quantitative estimate of drug-likeness (QED) is 0.541. The second-order valence-electron chi connectivity index (χ2n) is 3.65. The number of rotatable bonds is 1. The van der Waals surface area contributed by atoms with Gasteiger partial charge in [-0.15, -0.1) is 0 Å². The molecule has 1 saturated carbocycles. The molecule has 1 aliphatic heterocycles. The van der Waals surface area contributed by atoms with Gasteiger partial charge in [-0.3, -0.25) is 4.79 Å². The molecule has 3 nitrogen and oxygen atoms in total. The van der Waals surface area contributed by atoms with Crippen molar-refractivity contribution in [1.29, 1.82) is 0 Å². The van der Waals surface area contributed by atoms with Gasteiger partial charge in [0.1, 0.15) is 0 Å². The summed E-state index contributed by atoms with van der Waals surface area (Å²) in [7, 11) is 0. The topological polar surface area (TPSA) is 40.5 Å². The highest BCUT2D eigenvalue weighted by Crippen LogP contribution is 2.41. The molecule has 0 radical (unpaired) electrons. The van der Waals surface area contributed by atoms with Crippen molar-refractivity contribution in [3.05, 3.63) is 0 Å². The SMILES string of the molecule is CC1C2CC(CC2O)N1C=O. The summed E-state index contributed by atoms with van der Waals surface area (Å²) < 4.78 is 0. The van der Waals surface area contributed by atoms with Gasteiger partial charge in [-0.25, -0.2) is 0 Å². The molecule has 4 unspecified atom stereocenters. The zero-order valence-corrected chi connectivity index (χ0v) is 6.60. The van der Waals surface area contributed by atoms with Crippen LogP contribution in [0.25, 0.3) is 0 Å². The molecule has 2 aliphatic rings. The number of piperidine rings is 1.